The molecule has 0 aliphatic heterocycles. The van der Waals surface area contributed by atoms with E-state index in [0.717, 1.165) is 0 Å². The van der Waals surface area contributed by atoms with Crippen LogP contribution in [0.15, 0.2) is 0 Å². The maximum absolute atomic E-state index is 8.36. The molecule has 0 unspecified atom stereocenters. The molecule has 3 N–H and O–H groups in total. The number of nitrogens with zero attached hydrogens (tertiary/aromatic N) is 3. The Morgan fingerprint density at radius 2 is 0.692 bits per heavy atom. The molecule has 0 fully saturated rings. The minimum Gasteiger partial charge on any atom is -0.328 e. The maximum Gasteiger partial charge on any atom is 3.00 e. The van der Waals surface area contributed by atoms with Crippen LogP contribution in [0.25, 0.3) is 0 Å². The molecule has 0 radical (unpaired) electrons. The molecule has 0 aromatic rings. The summed E-state index contributed by atoms with van der Waals surface area (Å²) in [4.78, 5) is 25.1. The van der Waals surface area contributed by atoms with E-state index in [2.05, 4.69) is 0 Å². The van der Waals surface area contributed by atoms with E-state index in [1.807, 2.05) is 0 Å². The SMILES string of the molecule is O=[N+]([O-])O.O=[N+]([O-])O.O=[N+]([O-])O.[La+3]. The van der Waals surface area contributed by atoms with Crippen molar-refractivity contribution in [1.82, 2.24) is 0 Å². The molecule has 13 heavy (non-hydrogen) atoms. The number of hydrogen-bond donors (Lipinski definition) is 3. The van der Waals surface area contributed by atoms with E-state index >= 15 is 0 Å². The molecule has 0 rings (SSSR count). The third kappa shape index (κ3) is 575. The molecule has 0 bridgehead atoms. The standard InChI is InChI=1S/La.3HNO3/c;3*2-1(3)4/h;3*(H,2,3,4)/q+3;;;. The van der Waals surface area contributed by atoms with Crippen molar-refractivity contribution in [1.29, 1.82) is 0 Å². The quantitative estimate of drug-likeness (QED) is 0.368. The van der Waals surface area contributed by atoms with E-state index in [1.165, 1.54) is 0 Å². The van der Waals surface area contributed by atoms with E-state index in [1.54, 1.807) is 0 Å². The van der Waals surface area contributed by atoms with E-state index in [0.29, 0.717) is 0 Å². The molecule has 0 aliphatic carbocycles. The van der Waals surface area contributed by atoms with Gasteiger partial charge in [0.05, 0.1) is 0 Å². The van der Waals surface area contributed by atoms with Crippen LogP contribution in [-0.4, -0.2) is 30.9 Å². The third-order valence-corrected chi connectivity index (χ3v) is 0. The molecular formula is H3LaN3O9+3. The summed E-state index contributed by atoms with van der Waals surface area (Å²) in [6.07, 6.45) is 0. The van der Waals surface area contributed by atoms with Crippen molar-refractivity contribution in [3.05, 3.63) is 30.3 Å². The molecule has 0 heterocycles. The van der Waals surface area contributed by atoms with Gasteiger partial charge in [0.1, 0.15) is 0 Å². The van der Waals surface area contributed by atoms with Crippen LogP contribution in [0.2, 0.25) is 0 Å². The zero-order valence-corrected chi connectivity index (χ0v) is 9.34. The van der Waals surface area contributed by atoms with Crippen molar-refractivity contribution >= 4 is 0 Å². The van der Waals surface area contributed by atoms with Gasteiger partial charge in [0.15, 0.2) is 0 Å². The Morgan fingerprint density at radius 1 is 0.692 bits per heavy atom. The van der Waals surface area contributed by atoms with Gasteiger partial charge in [0, 0.05) is 0 Å². The third-order valence-electron chi connectivity index (χ3n) is 0. The second-order valence-electron chi connectivity index (χ2n) is 0.714. The Morgan fingerprint density at radius 3 is 0.692 bits per heavy atom. The molecule has 0 aliphatic rings. The summed E-state index contributed by atoms with van der Waals surface area (Å²) in [6, 6.07) is 0. The first-order chi connectivity index (χ1) is 5.20. The van der Waals surface area contributed by atoms with Crippen molar-refractivity contribution in [2.75, 3.05) is 0 Å². The van der Waals surface area contributed by atoms with Gasteiger partial charge in [-0.2, -0.15) is 0 Å². The van der Waals surface area contributed by atoms with Crippen LogP contribution in [0.4, 0.5) is 0 Å². The van der Waals surface area contributed by atoms with Crippen LogP contribution in [0.3, 0.4) is 0 Å². The minimum atomic E-state index is -1.50. The maximum atomic E-state index is 8.36. The Kier molecular flexibility index (Phi) is 29.7. The zero-order chi connectivity index (χ0) is 10.7. The monoisotopic (exact) mass is 328 g/mol. The Hall–Kier alpha value is -1.21. The number of rotatable bonds is 0. The smallest absolute Gasteiger partial charge is 0.328 e. The van der Waals surface area contributed by atoms with Crippen molar-refractivity contribution in [3.63, 3.8) is 0 Å². The first-order valence-corrected chi connectivity index (χ1v) is 1.70. The van der Waals surface area contributed by atoms with Crippen molar-refractivity contribution in [3.8, 4) is 0 Å². The fourth-order valence-corrected chi connectivity index (χ4v) is 0. The first kappa shape index (κ1) is 22.6. The summed E-state index contributed by atoms with van der Waals surface area (Å²) in [5.41, 5.74) is 0. The van der Waals surface area contributed by atoms with E-state index in [-0.39, 0.29) is 35.6 Å². The van der Waals surface area contributed by atoms with Gasteiger partial charge in [-0.05, 0) is 0 Å². The fraction of sp³-hybridized carbons (Fsp3) is 0. The van der Waals surface area contributed by atoms with Gasteiger partial charge in [-0.3, -0.25) is 0 Å². The Bertz CT molecular complexity index is 112. The molecule has 0 saturated carbocycles. The average molecular weight is 328 g/mol. The predicted octanol–water partition coefficient (Wildman–Crippen LogP) is -1.04. The Labute approximate surface area is 96.7 Å². The summed E-state index contributed by atoms with van der Waals surface area (Å²) >= 11 is 0. The van der Waals surface area contributed by atoms with Gasteiger partial charge in [-0.25, -0.2) is 0 Å². The van der Waals surface area contributed by atoms with Crippen molar-refractivity contribution < 1.29 is 66.5 Å². The molecule has 0 amide bonds. The topological polar surface area (TPSA) is 190 Å². The van der Waals surface area contributed by atoms with E-state index in [4.69, 9.17) is 46.0 Å². The van der Waals surface area contributed by atoms with E-state index in [9.17, 15) is 0 Å². The molecule has 0 aromatic heterocycles. The van der Waals surface area contributed by atoms with Crippen LogP contribution in [0.5, 0.6) is 0 Å². The molecular weight excluding hydrogens is 325 g/mol. The van der Waals surface area contributed by atoms with Crippen molar-refractivity contribution in [2.45, 2.75) is 0 Å². The van der Waals surface area contributed by atoms with Crippen LogP contribution in [0.1, 0.15) is 0 Å². The summed E-state index contributed by atoms with van der Waals surface area (Å²) in [7, 11) is 0. The summed E-state index contributed by atoms with van der Waals surface area (Å²) in [6.45, 7) is 0. The fourth-order valence-electron chi connectivity index (χ4n) is 0. The zero-order valence-electron chi connectivity index (χ0n) is 5.71. The molecule has 13 heteroatoms. The van der Waals surface area contributed by atoms with Crippen LogP contribution in [-0.2, 0) is 0 Å². The molecule has 12 nitrogen and oxygen atoms in total. The van der Waals surface area contributed by atoms with Gasteiger partial charge in [0.25, 0.3) is 15.3 Å². The largest absolute Gasteiger partial charge is 3.00 e. The summed E-state index contributed by atoms with van der Waals surface area (Å²) in [5, 5.41) is 40.9. The van der Waals surface area contributed by atoms with Crippen LogP contribution >= 0.6 is 0 Å². The second kappa shape index (κ2) is 17.0. The number of hydrogen-bond acceptors (Lipinski definition) is 6. The van der Waals surface area contributed by atoms with Crippen molar-refractivity contribution in [2.24, 2.45) is 0 Å². The molecule has 72 valence electrons. The molecule has 0 aromatic carbocycles. The van der Waals surface area contributed by atoms with Crippen LogP contribution < -0.4 is 0 Å². The van der Waals surface area contributed by atoms with Gasteiger partial charge >= 0.3 is 35.6 Å². The molecule has 0 spiro atoms. The average Bonchev–Trinajstić information content (AvgIpc) is 1.54. The second-order valence-corrected chi connectivity index (χ2v) is 0.714. The van der Waals surface area contributed by atoms with Gasteiger partial charge in [0.2, 0.25) is 0 Å². The Balaban J connectivity index is -0.0000000450. The normalized spacial score (nSPS) is 5.54. The minimum absolute atomic E-state index is 0. The summed E-state index contributed by atoms with van der Waals surface area (Å²) in [5.74, 6) is 0. The van der Waals surface area contributed by atoms with Gasteiger partial charge in [-0.15, -0.1) is 30.3 Å². The van der Waals surface area contributed by atoms with Gasteiger partial charge in [-0.1, -0.05) is 0 Å². The first-order valence-electron chi connectivity index (χ1n) is 1.70. The summed E-state index contributed by atoms with van der Waals surface area (Å²) < 4.78 is 0. The molecule has 0 saturated heterocycles. The molecule has 0 atom stereocenters. The predicted molar refractivity (Wildman–Crippen MR) is 26.3 cm³/mol. The van der Waals surface area contributed by atoms with Gasteiger partial charge < -0.3 is 15.6 Å². The van der Waals surface area contributed by atoms with E-state index < -0.39 is 15.3 Å². The van der Waals surface area contributed by atoms with Crippen LogP contribution in [0, 0.1) is 65.9 Å².